The van der Waals surface area contributed by atoms with Crippen LogP contribution in [0, 0.1) is 11.3 Å². The third-order valence-electron chi connectivity index (χ3n) is 2.15. The van der Waals surface area contributed by atoms with Crippen molar-refractivity contribution >= 4 is 11.3 Å². The lowest BCUT2D eigenvalue weighted by Gasteiger charge is -2.22. The zero-order chi connectivity index (χ0) is 9.84. The van der Waals surface area contributed by atoms with Crippen molar-refractivity contribution in [2.24, 2.45) is 0 Å². The van der Waals surface area contributed by atoms with Crippen LogP contribution in [0.1, 0.15) is 17.7 Å². The Morgan fingerprint density at radius 2 is 2.23 bits per heavy atom. The zero-order valence-electron chi connectivity index (χ0n) is 8.19. The molecule has 0 aliphatic rings. The fourth-order valence-electron chi connectivity index (χ4n) is 1.38. The second-order valence-corrected chi connectivity index (χ2v) is 4.32. The van der Waals surface area contributed by atoms with E-state index >= 15 is 0 Å². The molecule has 0 aromatic carbocycles. The third kappa shape index (κ3) is 2.30. The lowest BCUT2D eigenvalue weighted by atomic mass is 10.0. The number of nitrogens with zero attached hydrogens (tertiary/aromatic N) is 2. The highest BCUT2D eigenvalue weighted by molar-refractivity contribution is 7.10. The highest BCUT2D eigenvalue weighted by Crippen LogP contribution is 2.25. The van der Waals surface area contributed by atoms with Gasteiger partial charge in [0.05, 0.1) is 6.07 Å². The molecule has 3 heteroatoms. The first kappa shape index (κ1) is 10.2. The van der Waals surface area contributed by atoms with Crippen molar-refractivity contribution < 1.29 is 0 Å². The van der Waals surface area contributed by atoms with E-state index in [1.165, 1.54) is 4.88 Å². The Balaban J connectivity index is 2.78. The van der Waals surface area contributed by atoms with Crippen molar-refractivity contribution in [3.63, 3.8) is 0 Å². The summed E-state index contributed by atoms with van der Waals surface area (Å²) in [6, 6.07) is 6.41. The maximum absolute atomic E-state index is 8.98. The monoisotopic (exact) mass is 194 g/mol. The molecule has 0 saturated carbocycles. The fourth-order valence-corrected chi connectivity index (χ4v) is 2.20. The Bertz CT molecular complexity index is 284. The molecule has 1 aromatic rings. The van der Waals surface area contributed by atoms with Gasteiger partial charge >= 0.3 is 0 Å². The van der Waals surface area contributed by atoms with Crippen molar-refractivity contribution in [3.8, 4) is 6.07 Å². The lowest BCUT2D eigenvalue weighted by molar-refractivity contribution is 0.318. The third-order valence-corrected chi connectivity index (χ3v) is 3.23. The average molecular weight is 194 g/mol. The molecule has 1 heterocycles. The number of likely N-dealkylation sites (N-methyl/N-ethyl adjacent to an activating group) is 1. The molecule has 2 atom stereocenters. The van der Waals surface area contributed by atoms with Crippen molar-refractivity contribution in [1.29, 1.82) is 5.26 Å². The summed E-state index contributed by atoms with van der Waals surface area (Å²) in [5.74, 6) is 0.292. The predicted molar refractivity (Wildman–Crippen MR) is 55.8 cm³/mol. The van der Waals surface area contributed by atoms with E-state index in [4.69, 9.17) is 5.26 Å². The van der Waals surface area contributed by atoms with Gasteiger partial charge in [-0.3, -0.25) is 4.90 Å². The summed E-state index contributed by atoms with van der Waals surface area (Å²) in [4.78, 5) is 3.24. The molecule has 1 rings (SSSR count). The van der Waals surface area contributed by atoms with Crippen LogP contribution < -0.4 is 0 Å². The molecule has 0 saturated heterocycles. The highest BCUT2D eigenvalue weighted by atomic mass is 32.1. The molecule has 0 radical (unpaired) electrons. The molecule has 0 spiro atoms. The van der Waals surface area contributed by atoms with Crippen LogP contribution in [0.4, 0.5) is 0 Å². The second-order valence-electron chi connectivity index (χ2n) is 3.34. The van der Waals surface area contributed by atoms with Crippen LogP contribution >= 0.6 is 11.3 Å². The number of hydrogen-bond donors (Lipinski definition) is 0. The molecular weight excluding hydrogens is 180 g/mol. The summed E-state index contributed by atoms with van der Waals surface area (Å²) in [5.41, 5.74) is 0. The van der Waals surface area contributed by atoms with Gasteiger partial charge in [0.25, 0.3) is 0 Å². The van der Waals surface area contributed by atoms with Gasteiger partial charge in [0.2, 0.25) is 0 Å². The van der Waals surface area contributed by atoms with Crippen molar-refractivity contribution in [3.05, 3.63) is 22.4 Å². The maximum atomic E-state index is 8.98. The molecule has 0 fully saturated rings. The van der Waals surface area contributed by atoms with Gasteiger partial charge in [-0.15, -0.1) is 11.3 Å². The van der Waals surface area contributed by atoms with E-state index in [9.17, 15) is 0 Å². The Morgan fingerprint density at radius 1 is 1.54 bits per heavy atom. The predicted octanol–water partition coefficient (Wildman–Crippen LogP) is 2.31. The minimum Gasteiger partial charge on any atom is -0.294 e. The summed E-state index contributed by atoms with van der Waals surface area (Å²) in [7, 11) is 3.88. The highest BCUT2D eigenvalue weighted by Gasteiger charge is 2.20. The van der Waals surface area contributed by atoms with Crippen LogP contribution in [-0.4, -0.2) is 25.0 Å². The molecular formula is C10H14N2S. The molecule has 0 aliphatic heterocycles. The molecule has 0 N–H and O–H groups in total. The molecule has 70 valence electrons. The van der Waals surface area contributed by atoms with E-state index in [1.807, 2.05) is 25.1 Å². The quantitative estimate of drug-likeness (QED) is 0.738. The molecule has 0 amide bonds. The van der Waals surface area contributed by atoms with E-state index in [1.54, 1.807) is 11.3 Å². The van der Waals surface area contributed by atoms with Crippen LogP contribution in [0.2, 0.25) is 0 Å². The fraction of sp³-hybridized carbons (Fsp3) is 0.500. The van der Waals surface area contributed by atoms with Gasteiger partial charge in [-0.2, -0.15) is 5.26 Å². The number of nitriles is 1. The number of thiophene rings is 1. The standard InChI is InChI=1S/C10H14N2S/c1-8(9(7-11)12(2)3)10-5-4-6-13-10/h4-6,8-9H,1-3H3. The number of rotatable bonds is 3. The van der Waals surface area contributed by atoms with Gasteiger partial charge in [0.1, 0.15) is 6.04 Å². The normalized spacial score (nSPS) is 15.3. The molecule has 0 bridgehead atoms. The van der Waals surface area contributed by atoms with Gasteiger partial charge in [0, 0.05) is 10.8 Å². The smallest absolute Gasteiger partial charge is 0.105 e. The first-order valence-corrected chi connectivity index (χ1v) is 5.14. The molecule has 13 heavy (non-hydrogen) atoms. The minimum absolute atomic E-state index is 0.0290. The van der Waals surface area contributed by atoms with E-state index < -0.39 is 0 Å². The second kappa shape index (κ2) is 4.40. The van der Waals surface area contributed by atoms with Gasteiger partial charge < -0.3 is 0 Å². The summed E-state index contributed by atoms with van der Waals surface area (Å²) in [6.45, 7) is 2.10. The van der Waals surface area contributed by atoms with Gasteiger partial charge in [-0.05, 0) is 25.5 Å². The first-order chi connectivity index (χ1) is 6.16. The van der Waals surface area contributed by atoms with E-state index in [0.717, 1.165) is 0 Å². The van der Waals surface area contributed by atoms with Crippen molar-refractivity contribution in [1.82, 2.24) is 4.90 Å². The van der Waals surface area contributed by atoms with Crippen LogP contribution in [0.5, 0.6) is 0 Å². The Morgan fingerprint density at radius 3 is 2.62 bits per heavy atom. The van der Waals surface area contributed by atoms with E-state index in [-0.39, 0.29) is 6.04 Å². The molecule has 1 aromatic heterocycles. The van der Waals surface area contributed by atoms with Crippen molar-refractivity contribution in [2.75, 3.05) is 14.1 Å². The van der Waals surface area contributed by atoms with Crippen LogP contribution in [-0.2, 0) is 0 Å². The van der Waals surface area contributed by atoms with Crippen molar-refractivity contribution in [2.45, 2.75) is 18.9 Å². The summed E-state index contributed by atoms with van der Waals surface area (Å²) in [5, 5.41) is 11.0. The summed E-state index contributed by atoms with van der Waals surface area (Å²) >= 11 is 1.71. The zero-order valence-corrected chi connectivity index (χ0v) is 9.01. The molecule has 0 aliphatic carbocycles. The van der Waals surface area contributed by atoms with Crippen LogP contribution in [0.25, 0.3) is 0 Å². The Labute approximate surface area is 83.4 Å². The van der Waals surface area contributed by atoms with E-state index in [2.05, 4.69) is 24.4 Å². The summed E-state index contributed by atoms with van der Waals surface area (Å²) < 4.78 is 0. The average Bonchev–Trinajstić information content (AvgIpc) is 2.56. The van der Waals surface area contributed by atoms with Gasteiger partial charge in [0.15, 0.2) is 0 Å². The maximum Gasteiger partial charge on any atom is 0.105 e. The van der Waals surface area contributed by atoms with Gasteiger partial charge in [-0.25, -0.2) is 0 Å². The first-order valence-electron chi connectivity index (χ1n) is 4.26. The van der Waals surface area contributed by atoms with Crippen LogP contribution in [0.15, 0.2) is 17.5 Å². The Hall–Kier alpha value is -0.850. The summed E-state index contributed by atoms with van der Waals surface area (Å²) in [6.07, 6.45) is 0. The number of hydrogen-bond acceptors (Lipinski definition) is 3. The molecule has 2 unspecified atom stereocenters. The lowest BCUT2D eigenvalue weighted by Crippen LogP contribution is -2.30. The SMILES string of the molecule is CC(c1cccs1)C(C#N)N(C)C. The van der Waals surface area contributed by atoms with E-state index in [0.29, 0.717) is 5.92 Å². The van der Waals surface area contributed by atoms with Crippen LogP contribution in [0.3, 0.4) is 0 Å². The molecule has 2 nitrogen and oxygen atoms in total. The topological polar surface area (TPSA) is 27.0 Å². The largest absolute Gasteiger partial charge is 0.294 e. The Kier molecular flexibility index (Phi) is 3.47. The minimum atomic E-state index is -0.0290. The van der Waals surface area contributed by atoms with Gasteiger partial charge in [-0.1, -0.05) is 13.0 Å².